The maximum atomic E-state index is 13.6. The Kier molecular flexibility index (Phi) is 8.04. The molecule has 2 amide bonds. The van der Waals surface area contributed by atoms with Crippen LogP contribution in [-0.4, -0.2) is 36.9 Å². The lowest BCUT2D eigenvalue weighted by atomic mass is 9.95. The SMILES string of the molecule is COc1ccc(CCCC(=O)N2CCC(C(=O)NCc3ccc(C)c(F)c3)CC2)cc1. The molecule has 3 rings (SSSR count). The highest BCUT2D eigenvalue weighted by molar-refractivity contribution is 5.80. The number of amides is 2. The Labute approximate surface area is 183 Å². The molecule has 1 saturated heterocycles. The predicted molar refractivity (Wildman–Crippen MR) is 118 cm³/mol. The molecule has 1 aliphatic rings. The number of piperidine rings is 1. The van der Waals surface area contributed by atoms with E-state index in [1.54, 1.807) is 20.1 Å². The van der Waals surface area contributed by atoms with E-state index in [0.717, 1.165) is 24.2 Å². The van der Waals surface area contributed by atoms with Gasteiger partial charge in [-0.1, -0.05) is 24.3 Å². The summed E-state index contributed by atoms with van der Waals surface area (Å²) in [6.45, 7) is 3.25. The molecule has 0 spiro atoms. The second kappa shape index (κ2) is 10.9. The van der Waals surface area contributed by atoms with Gasteiger partial charge in [0, 0.05) is 32.0 Å². The number of halogens is 1. The molecule has 166 valence electrons. The van der Waals surface area contributed by atoms with Crippen molar-refractivity contribution in [3.8, 4) is 5.75 Å². The quantitative estimate of drug-likeness (QED) is 0.694. The van der Waals surface area contributed by atoms with Gasteiger partial charge in [-0.25, -0.2) is 4.39 Å². The van der Waals surface area contributed by atoms with E-state index in [1.807, 2.05) is 35.2 Å². The lowest BCUT2D eigenvalue weighted by Gasteiger charge is -2.31. The third-order valence-corrected chi connectivity index (χ3v) is 5.94. The van der Waals surface area contributed by atoms with Gasteiger partial charge in [0.15, 0.2) is 0 Å². The molecule has 0 bridgehead atoms. The third kappa shape index (κ3) is 6.54. The fraction of sp³-hybridized carbons (Fsp3) is 0.440. The van der Waals surface area contributed by atoms with Crippen LogP contribution >= 0.6 is 0 Å². The third-order valence-electron chi connectivity index (χ3n) is 5.94. The molecule has 2 aromatic carbocycles. The standard InChI is InChI=1S/C25H31FN2O3/c1-18-6-7-20(16-23(18)26)17-27-25(30)21-12-14-28(15-13-21)24(29)5-3-4-19-8-10-22(31-2)11-9-19/h6-11,16,21H,3-5,12-15,17H2,1-2H3,(H,27,30). The summed E-state index contributed by atoms with van der Waals surface area (Å²) in [6.07, 6.45) is 3.51. The van der Waals surface area contributed by atoms with Crippen molar-refractivity contribution in [3.05, 3.63) is 65.0 Å². The van der Waals surface area contributed by atoms with Crippen molar-refractivity contribution in [2.24, 2.45) is 5.92 Å². The van der Waals surface area contributed by atoms with E-state index < -0.39 is 0 Å². The van der Waals surface area contributed by atoms with E-state index >= 15 is 0 Å². The van der Waals surface area contributed by atoms with Gasteiger partial charge in [0.2, 0.25) is 11.8 Å². The van der Waals surface area contributed by atoms with Crippen LogP contribution < -0.4 is 10.1 Å². The van der Waals surface area contributed by atoms with Gasteiger partial charge in [-0.3, -0.25) is 9.59 Å². The van der Waals surface area contributed by atoms with Crippen molar-refractivity contribution in [2.75, 3.05) is 20.2 Å². The number of carbonyl (C=O) groups excluding carboxylic acids is 2. The number of likely N-dealkylation sites (tertiary alicyclic amines) is 1. The number of aryl methyl sites for hydroxylation is 2. The lowest BCUT2D eigenvalue weighted by molar-refractivity contribution is -0.135. The lowest BCUT2D eigenvalue weighted by Crippen LogP contribution is -2.42. The molecular formula is C25H31FN2O3. The maximum absolute atomic E-state index is 13.6. The van der Waals surface area contributed by atoms with Crippen molar-refractivity contribution in [2.45, 2.75) is 45.6 Å². The van der Waals surface area contributed by atoms with Gasteiger partial charge in [-0.05, 0) is 67.5 Å². The summed E-state index contributed by atoms with van der Waals surface area (Å²) in [5.41, 5.74) is 2.54. The first-order valence-electron chi connectivity index (χ1n) is 10.9. The molecule has 31 heavy (non-hydrogen) atoms. The van der Waals surface area contributed by atoms with Crippen LogP contribution in [0.25, 0.3) is 0 Å². The number of carbonyl (C=O) groups is 2. The average molecular weight is 427 g/mol. The first-order valence-corrected chi connectivity index (χ1v) is 10.9. The first-order chi connectivity index (χ1) is 15.0. The number of methoxy groups -OCH3 is 1. The number of hydrogen-bond acceptors (Lipinski definition) is 3. The zero-order valence-electron chi connectivity index (χ0n) is 18.3. The van der Waals surface area contributed by atoms with E-state index in [0.29, 0.717) is 44.5 Å². The minimum Gasteiger partial charge on any atom is -0.497 e. The second-order valence-electron chi connectivity index (χ2n) is 8.16. The molecule has 1 heterocycles. The molecule has 6 heteroatoms. The first kappa shape index (κ1) is 22.8. The van der Waals surface area contributed by atoms with Crippen LogP contribution in [0.4, 0.5) is 4.39 Å². The predicted octanol–water partition coefficient (Wildman–Crippen LogP) is 4.02. The Morgan fingerprint density at radius 3 is 2.42 bits per heavy atom. The number of nitrogens with one attached hydrogen (secondary N) is 1. The molecule has 2 aromatic rings. The zero-order chi connectivity index (χ0) is 22.2. The minimum atomic E-state index is -0.259. The molecule has 0 saturated carbocycles. The van der Waals surface area contributed by atoms with E-state index in [-0.39, 0.29) is 23.5 Å². The number of benzene rings is 2. The number of ether oxygens (including phenoxy) is 1. The summed E-state index contributed by atoms with van der Waals surface area (Å²) in [5.74, 6) is 0.608. The van der Waals surface area contributed by atoms with Gasteiger partial charge in [-0.15, -0.1) is 0 Å². The highest BCUT2D eigenvalue weighted by Gasteiger charge is 2.26. The average Bonchev–Trinajstić information content (AvgIpc) is 2.80. The Balaban J connectivity index is 1.36. The molecular weight excluding hydrogens is 395 g/mol. The van der Waals surface area contributed by atoms with Crippen molar-refractivity contribution in [1.29, 1.82) is 0 Å². The summed E-state index contributed by atoms with van der Waals surface area (Å²) in [7, 11) is 1.64. The smallest absolute Gasteiger partial charge is 0.223 e. The molecule has 0 unspecified atom stereocenters. The zero-order valence-corrected chi connectivity index (χ0v) is 18.3. The highest BCUT2D eigenvalue weighted by atomic mass is 19.1. The van der Waals surface area contributed by atoms with Crippen LogP contribution in [0.1, 0.15) is 42.4 Å². The number of nitrogens with zero attached hydrogens (tertiary/aromatic N) is 1. The second-order valence-corrected chi connectivity index (χ2v) is 8.16. The molecule has 5 nitrogen and oxygen atoms in total. The van der Waals surface area contributed by atoms with Crippen molar-refractivity contribution >= 4 is 11.8 Å². The van der Waals surface area contributed by atoms with Gasteiger partial charge in [0.05, 0.1) is 7.11 Å². The Morgan fingerprint density at radius 2 is 1.77 bits per heavy atom. The molecule has 0 aliphatic carbocycles. The summed E-state index contributed by atoms with van der Waals surface area (Å²) < 4.78 is 18.8. The Hall–Kier alpha value is -2.89. The summed E-state index contributed by atoms with van der Waals surface area (Å²) in [4.78, 5) is 26.8. The van der Waals surface area contributed by atoms with Gasteiger partial charge < -0.3 is 15.0 Å². The summed E-state index contributed by atoms with van der Waals surface area (Å²) >= 11 is 0. The Morgan fingerprint density at radius 1 is 1.10 bits per heavy atom. The topological polar surface area (TPSA) is 58.6 Å². The molecule has 1 fully saturated rings. The van der Waals surface area contributed by atoms with Gasteiger partial charge in [0.1, 0.15) is 11.6 Å². The van der Waals surface area contributed by atoms with Gasteiger partial charge in [0.25, 0.3) is 0 Å². The van der Waals surface area contributed by atoms with Crippen molar-refractivity contribution in [1.82, 2.24) is 10.2 Å². The van der Waals surface area contributed by atoms with Gasteiger partial charge in [-0.2, -0.15) is 0 Å². The van der Waals surface area contributed by atoms with E-state index in [9.17, 15) is 14.0 Å². The highest BCUT2D eigenvalue weighted by Crippen LogP contribution is 2.20. The fourth-order valence-electron chi connectivity index (χ4n) is 3.86. The normalized spacial score (nSPS) is 14.4. The van der Waals surface area contributed by atoms with Crippen LogP contribution in [0.5, 0.6) is 5.75 Å². The maximum Gasteiger partial charge on any atom is 0.223 e. The van der Waals surface area contributed by atoms with Crippen LogP contribution in [0.2, 0.25) is 0 Å². The van der Waals surface area contributed by atoms with Crippen LogP contribution in [0.3, 0.4) is 0 Å². The summed E-state index contributed by atoms with van der Waals surface area (Å²) in [6, 6.07) is 12.9. The molecule has 0 radical (unpaired) electrons. The van der Waals surface area contributed by atoms with E-state index in [1.165, 1.54) is 11.6 Å². The van der Waals surface area contributed by atoms with Crippen LogP contribution in [0, 0.1) is 18.7 Å². The van der Waals surface area contributed by atoms with Crippen LogP contribution in [-0.2, 0) is 22.6 Å². The molecule has 0 aromatic heterocycles. The number of hydrogen-bond donors (Lipinski definition) is 1. The van der Waals surface area contributed by atoms with E-state index in [4.69, 9.17) is 4.74 Å². The molecule has 0 atom stereocenters. The van der Waals surface area contributed by atoms with E-state index in [2.05, 4.69) is 5.32 Å². The number of rotatable bonds is 8. The minimum absolute atomic E-state index is 0.0208. The fourth-order valence-corrected chi connectivity index (χ4v) is 3.86. The van der Waals surface area contributed by atoms with Crippen molar-refractivity contribution < 1.29 is 18.7 Å². The Bertz CT molecular complexity index is 890. The molecule has 1 N–H and O–H groups in total. The largest absolute Gasteiger partial charge is 0.497 e. The van der Waals surface area contributed by atoms with Crippen LogP contribution in [0.15, 0.2) is 42.5 Å². The summed E-state index contributed by atoms with van der Waals surface area (Å²) in [5, 5.41) is 2.90. The molecule has 1 aliphatic heterocycles. The monoisotopic (exact) mass is 426 g/mol. The van der Waals surface area contributed by atoms with Gasteiger partial charge >= 0.3 is 0 Å². The van der Waals surface area contributed by atoms with Crippen molar-refractivity contribution in [3.63, 3.8) is 0 Å².